The lowest BCUT2D eigenvalue weighted by molar-refractivity contribution is -0.140. The average Bonchev–Trinajstić information content (AvgIpc) is 3.01. The van der Waals surface area contributed by atoms with Gasteiger partial charge in [0.25, 0.3) is 10.0 Å². The first kappa shape index (κ1) is 32.1. The predicted octanol–water partition coefficient (Wildman–Crippen LogP) is 5.17. The number of hydrogen-bond donors (Lipinski definition) is 1. The van der Waals surface area contributed by atoms with Crippen LogP contribution in [0.5, 0.6) is 11.5 Å². The highest BCUT2D eigenvalue weighted by molar-refractivity contribution is 7.92. The molecular weight excluding hydrogens is 597 g/mol. The third-order valence-electron chi connectivity index (χ3n) is 7.01. The molecule has 0 spiro atoms. The van der Waals surface area contributed by atoms with Crippen molar-refractivity contribution >= 4 is 39.1 Å². The number of rotatable bonds is 13. The minimum Gasteiger partial charge on any atom is -0.486 e. The Hall–Kier alpha value is -3.83. The standard InChI is InChI=1S/C31H35ClFN3O6S/c1-3-5-16-34-31(38)27(4-2)35(20-22-8-6-7-9-26(22)32)30(37)21-36(24-12-10-23(33)11-13-24)43(39,40)25-14-15-28-29(19-25)42-18-17-41-28/h6-15,19,27H,3-5,16-18,20-21H2,1-2H3,(H,34,38)/t27-/m0/s1. The van der Waals surface area contributed by atoms with E-state index in [1.807, 2.05) is 6.92 Å². The van der Waals surface area contributed by atoms with Gasteiger partial charge in [-0.15, -0.1) is 0 Å². The molecule has 0 aliphatic carbocycles. The van der Waals surface area contributed by atoms with E-state index in [1.165, 1.54) is 35.2 Å². The van der Waals surface area contributed by atoms with Gasteiger partial charge in [-0.3, -0.25) is 13.9 Å². The molecule has 43 heavy (non-hydrogen) atoms. The van der Waals surface area contributed by atoms with Crippen molar-refractivity contribution in [3.63, 3.8) is 0 Å². The molecular formula is C31H35ClFN3O6S. The summed E-state index contributed by atoms with van der Waals surface area (Å²) in [7, 11) is -4.38. The third-order valence-corrected chi connectivity index (χ3v) is 9.15. The summed E-state index contributed by atoms with van der Waals surface area (Å²) in [5, 5.41) is 3.29. The number of fused-ring (bicyclic) bond motifs is 1. The minimum absolute atomic E-state index is 0.0282. The first-order valence-electron chi connectivity index (χ1n) is 14.1. The van der Waals surface area contributed by atoms with Crippen molar-refractivity contribution in [2.75, 3.05) is 30.6 Å². The van der Waals surface area contributed by atoms with Crippen LogP contribution in [0.1, 0.15) is 38.7 Å². The van der Waals surface area contributed by atoms with Gasteiger partial charge in [-0.05, 0) is 60.9 Å². The number of unbranched alkanes of at least 4 members (excludes halogenated alkanes) is 1. The van der Waals surface area contributed by atoms with Crippen LogP contribution in [0.15, 0.2) is 71.6 Å². The van der Waals surface area contributed by atoms with Crippen LogP contribution in [-0.2, 0) is 26.2 Å². The lowest BCUT2D eigenvalue weighted by atomic mass is 10.1. The quantitative estimate of drug-likeness (QED) is 0.261. The molecule has 0 bridgehead atoms. The van der Waals surface area contributed by atoms with Gasteiger partial charge in [0.15, 0.2) is 11.5 Å². The Morgan fingerprint density at radius 3 is 2.37 bits per heavy atom. The molecule has 3 aromatic carbocycles. The van der Waals surface area contributed by atoms with Crippen LogP contribution in [0.4, 0.5) is 10.1 Å². The first-order chi connectivity index (χ1) is 20.6. The zero-order chi connectivity index (χ0) is 31.0. The number of ether oxygens (including phenoxy) is 2. The van der Waals surface area contributed by atoms with E-state index in [2.05, 4.69) is 5.32 Å². The second-order valence-corrected chi connectivity index (χ2v) is 12.2. The summed E-state index contributed by atoms with van der Waals surface area (Å²) in [4.78, 5) is 28.6. The molecule has 0 aromatic heterocycles. The Bertz CT molecular complexity index is 1540. The molecule has 12 heteroatoms. The van der Waals surface area contributed by atoms with E-state index in [9.17, 15) is 22.4 Å². The molecule has 0 radical (unpaired) electrons. The highest BCUT2D eigenvalue weighted by Gasteiger charge is 2.34. The number of nitrogens with zero attached hydrogens (tertiary/aromatic N) is 2. The number of hydrogen-bond acceptors (Lipinski definition) is 6. The van der Waals surface area contributed by atoms with Gasteiger partial charge in [0, 0.05) is 24.2 Å². The molecule has 0 saturated heterocycles. The average molecular weight is 632 g/mol. The van der Waals surface area contributed by atoms with Gasteiger partial charge < -0.3 is 19.7 Å². The zero-order valence-electron chi connectivity index (χ0n) is 24.1. The molecule has 3 aromatic rings. The van der Waals surface area contributed by atoms with Crippen LogP contribution >= 0.6 is 11.6 Å². The van der Waals surface area contributed by atoms with Gasteiger partial charge in [-0.1, -0.05) is 50.1 Å². The molecule has 0 saturated carbocycles. The fraction of sp³-hybridized carbons (Fsp3) is 0.355. The van der Waals surface area contributed by atoms with Gasteiger partial charge >= 0.3 is 0 Å². The number of sulfonamides is 1. The highest BCUT2D eigenvalue weighted by atomic mass is 35.5. The van der Waals surface area contributed by atoms with Crippen molar-refractivity contribution < 1.29 is 31.9 Å². The Kier molecular flexibility index (Phi) is 10.9. The van der Waals surface area contributed by atoms with Crippen LogP contribution in [0.2, 0.25) is 5.02 Å². The fourth-order valence-corrected chi connectivity index (χ4v) is 6.31. The molecule has 0 unspecified atom stereocenters. The van der Waals surface area contributed by atoms with E-state index in [4.69, 9.17) is 21.1 Å². The maximum Gasteiger partial charge on any atom is 0.264 e. The summed E-state index contributed by atoms with van der Waals surface area (Å²) in [6.07, 6.45) is 1.93. The smallest absolute Gasteiger partial charge is 0.264 e. The number of carbonyl (C=O) groups is 2. The van der Waals surface area contributed by atoms with Gasteiger partial charge in [0.05, 0.1) is 10.6 Å². The molecule has 230 valence electrons. The zero-order valence-corrected chi connectivity index (χ0v) is 25.7. The van der Waals surface area contributed by atoms with Crippen LogP contribution in [0, 0.1) is 5.82 Å². The van der Waals surface area contributed by atoms with Crippen LogP contribution in [0.25, 0.3) is 0 Å². The number of nitrogens with one attached hydrogen (secondary N) is 1. The fourth-order valence-electron chi connectivity index (χ4n) is 4.68. The van der Waals surface area contributed by atoms with E-state index in [0.717, 1.165) is 29.3 Å². The Morgan fingerprint density at radius 2 is 1.70 bits per heavy atom. The van der Waals surface area contributed by atoms with Crippen molar-refractivity contribution in [1.29, 1.82) is 0 Å². The molecule has 4 rings (SSSR count). The normalized spacial score (nSPS) is 13.2. The number of carbonyl (C=O) groups excluding carboxylic acids is 2. The van der Waals surface area contributed by atoms with Crippen LogP contribution < -0.4 is 19.1 Å². The summed E-state index contributed by atoms with van der Waals surface area (Å²) in [6.45, 7) is 4.13. The SMILES string of the molecule is CCCCNC(=O)[C@H](CC)N(Cc1ccccc1Cl)C(=O)CN(c1ccc(F)cc1)S(=O)(=O)c1ccc2c(c1)OCCO2. The number of anilines is 1. The lowest BCUT2D eigenvalue weighted by Gasteiger charge is -2.33. The van der Waals surface area contributed by atoms with Crippen molar-refractivity contribution in [1.82, 2.24) is 10.2 Å². The topological polar surface area (TPSA) is 105 Å². The summed E-state index contributed by atoms with van der Waals surface area (Å²) in [5.41, 5.74) is 0.670. The van der Waals surface area contributed by atoms with Gasteiger partial charge in [0.1, 0.15) is 31.6 Å². The molecule has 1 N–H and O–H groups in total. The van der Waals surface area contributed by atoms with Crippen molar-refractivity contribution in [2.45, 2.75) is 50.6 Å². The molecule has 1 aliphatic rings. The summed E-state index contributed by atoms with van der Waals surface area (Å²) >= 11 is 6.43. The monoisotopic (exact) mass is 631 g/mol. The summed E-state index contributed by atoms with van der Waals surface area (Å²) in [5.74, 6) is -0.891. The molecule has 1 heterocycles. The maximum absolute atomic E-state index is 14.1. The van der Waals surface area contributed by atoms with Gasteiger partial charge in [0.2, 0.25) is 11.8 Å². The Balaban J connectivity index is 1.73. The molecule has 0 fully saturated rings. The van der Waals surface area contributed by atoms with Crippen LogP contribution in [-0.4, -0.2) is 57.5 Å². The highest BCUT2D eigenvalue weighted by Crippen LogP contribution is 2.34. The van der Waals surface area contributed by atoms with E-state index < -0.39 is 34.3 Å². The molecule has 2 amide bonds. The summed E-state index contributed by atoms with van der Waals surface area (Å²) in [6, 6.07) is 15.0. The van der Waals surface area contributed by atoms with Crippen molar-refractivity contribution in [3.8, 4) is 11.5 Å². The minimum atomic E-state index is -4.38. The second-order valence-electron chi connectivity index (χ2n) is 9.98. The Labute approximate surface area is 256 Å². The summed E-state index contributed by atoms with van der Waals surface area (Å²) < 4.78 is 54.0. The number of benzene rings is 3. The maximum atomic E-state index is 14.1. The first-order valence-corrected chi connectivity index (χ1v) is 16.0. The van der Waals surface area contributed by atoms with Crippen LogP contribution in [0.3, 0.4) is 0 Å². The number of amides is 2. The van der Waals surface area contributed by atoms with E-state index >= 15 is 0 Å². The predicted molar refractivity (Wildman–Crippen MR) is 162 cm³/mol. The van der Waals surface area contributed by atoms with E-state index in [1.54, 1.807) is 31.2 Å². The van der Waals surface area contributed by atoms with Crippen molar-refractivity contribution in [3.05, 3.63) is 83.1 Å². The largest absolute Gasteiger partial charge is 0.486 e. The van der Waals surface area contributed by atoms with E-state index in [0.29, 0.717) is 29.5 Å². The van der Waals surface area contributed by atoms with E-state index in [-0.39, 0.29) is 41.8 Å². The molecule has 1 atom stereocenters. The van der Waals surface area contributed by atoms with Gasteiger partial charge in [-0.2, -0.15) is 0 Å². The van der Waals surface area contributed by atoms with Gasteiger partial charge in [-0.25, -0.2) is 12.8 Å². The second kappa shape index (κ2) is 14.6. The number of halogens is 2. The van der Waals surface area contributed by atoms with Crippen molar-refractivity contribution in [2.24, 2.45) is 0 Å². The third kappa shape index (κ3) is 7.77. The Morgan fingerprint density at radius 1 is 1.00 bits per heavy atom. The molecule has 1 aliphatic heterocycles. The molecule has 9 nitrogen and oxygen atoms in total. The lowest BCUT2D eigenvalue weighted by Crippen LogP contribution is -2.52.